The van der Waals surface area contributed by atoms with Crippen LogP contribution in [-0.4, -0.2) is 47.3 Å². The molecule has 2 unspecified atom stereocenters. The maximum atomic E-state index is 9.89. The van der Waals surface area contributed by atoms with Gasteiger partial charge in [0.2, 0.25) is 0 Å². The Bertz CT molecular complexity index is 255. The molecule has 1 fully saturated rings. The molecule has 1 saturated carbocycles. The van der Waals surface area contributed by atoms with Crippen molar-refractivity contribution in [1.82, 2.24) is 10.2 Å². The number of aliphatic hydroxyl groups is 1. The smallest absolute Gasteiger partial charge is 0.0616 e. The highest BCUT2D eigenvalue weighted by Gasteiger charge is 2.42. The summed E-state index contributed by atoms with van der Waals surface area (Å²) in [5.74, 6) is 0.618. The van der Waals surface area contributed by atoms with Crippen molar-refractivity contribution in [2.45, 2.75) is 77.9 Å². The van der Waals surface area contributed by atoms with Crippen LogP contribution in [-0.2, 0) is 0 Å². The Balaban J connectivity index is 2.59. The number of hydrogen-bond donors (Lipinski definition) is 2. The molecule has 0 saturated heterocycles. The van der Waals surface area contributed by atoms with E-state index in [9.17, 15) is 5.11 Å². The minimum absolute atomic E-state index is 0.0233. The summed E-state index contributed by atoms with van der Waals surface area (Å²) in [6, 6.07) is 1.06. The van der Waals surface area contributed by atoms with Gasteiger partial charge < -0.3 is 15.3 Å². The second kappa shape index (κ2) is 7.61. The third-order valence-electron chi connectivity index (χ3n) is 4.72. The Labute approximate surface area is 119 Å². The normalized spacial score (nSPS) is 27.9. The van der Waals surface area contributed by atoms with Gasteiger partial charge in [0.25, 0.3) is 0 Å². The van der Waals surface area contributed by atoms with Crippen LogP contribution in [0.2, 0.25) is 0 Å². The highest BCUT2D eigenvalue weighted by atomic mass is 16.3. The molecule has 3 nitrogen and oxygen atoms in total. The molecule has 0 aromatic rings. The van der Waals surface area contributed by atoms with Crippen LogP contribution >= 0.6 is 0 Å². The van der Waals surface area contributed by atoms with Crippen LogP contribution in [0.5, 0.6) is 0 Å². The van der Waals surface area contributed by atoms with Crippen LogP contribution in [0.1, 0.15) is 60.3 Å². The topological polar surface area (TPSA) is 35.5 Å². The van der Waals surface area contributed by atoms with Crippen molar-refractivity contribution in [2.75, 3.05) is 19.7 Å². The quantitative estimate of drug-likeness (QED) is 0.712. The number of hydrogen-bond acceptors (Lipinski definition) is 3. The van der Waals surface area contributed by atoms with E-state index in [-0.39, 0.29) is 12.1 Å². The lowest BCUT2D eigenvalue weighted by Crippen LogP contribution is -2.54. The Morgan fingerprint density at radius 2 is 2.00 bits per heavy atom. The van der Waals surface area contributed by atoms with Crippen LogP contribution in [0.4, 0.5) is 0 Å². The number of nitrogens with one attached hydrogen (secondary N) is 1. The zero-order valence-electron chi connectivity index (χ0n) is 13.6. The summed E-state index contributed by atoms with van der Waals surface area (Å²) >= 11 is 0. The van der Waals surface area contributed by atoms with E-state index in [1.807, 2.05) is 0 Å². The van der Waals surface area contributed by atoms with Crippen molar-refractivity contribution in [3.8, 4) is 0 Å². The fourth-order valence-electron chi connectivity index (χ4n) is 3.69. The highest BCUT2D eigenvalue weighted by molar-refractivity contribution is 5.00. The summed E-state index contributed by atoms with van der Waals surface area (Å²) < 4.78 is 0. The van der Waals surface area contributed by atoms with Crippen LogP contribution < -0.4 is 5.32 Å². The maximum absolute atomic E-state index is 9.89. The van der Waals surface area contributed by atoms with Crippen molar-refractivity contribution >= 4 is 0 Å². The molecule has 1 rings (SSSR count). The SMILES string of the molecule is CCN(CCC1CCCC1(CO)NC(C)C)C(C)C. The van der Waals surface area contributed by atoms with E-state index in [1.165, 1.54) is 19.3 Å². The van der Waals surface area contributed by atoms with E-state index in [0.29, 0.717) is 18.0 Å². The summed E-state index contributed by atoms with van der Waals surface area (Å²) in [4.78, 5) is 2.52. The van der Waals surface area contributed by atoms with Gasteiger partial charge in [-0.25, -0.2) is 0 Å². The first-order valence-corrected chi connectivity index (χ1v) is 8.07. The van der Waals surface area contributed by atoms with Gasteiger partial charge >= 0.3 is 0 Å². The summed E-state index contributed by atoms with van der Waals surface area (Å²) in [6.45, 7) is 13.7. The molecule has 1 aliphatic carbocycles. The van der Waals surface area contributed by atoms with Gasteiger partial charge in [0, 0.05) is 17.6 Å². The van der Waals surface area contributed by atoms with E-state index < -0.39 is 0 Å². The molecular formula is C16H34N2O. The summed E-state index contributed by atoms with van der Waals surface area (Å²) in [5, 5.41) is 13.5. The van der Waals surface area contributed by atoms with Gasteiger partial charge in [0.05, 0.1) is 6.61 Å². The lowest BCUT2D eigenvalue weighted by molar-refractivity contribution is 0.100. The van der Waals surface area contributed by atoms with Gasteiger partial charge in [-0.15, -0.1) is 0 Å². The lowest BCUT2D eigenvalue weighted by atomic mass is 9.84. The molecule has 0 spiro atoms. The van der Waals surface area contributed by atoms with E-state index in [0.717, 1.165) is 19.5 Å². The predicted molar refractivity (Wildman–Crippen MR) is 82.4 cm³/mol. The van der Waals surface area contributed by atoms with Crippen LogP contribution in [0, 0.1) is 5.92 Å². The molecular weight excluding hydrogens is 236 g/mol. The average Bonchev–Trinajstić information content (AvgIpc) is 2.72. The van der Waals surface area contributed by atoms with Gasteiger partial charge in [-0.1, -0.05) is 27.2 Å². The lowest BCUT2D eigenvalue weighted by Gasteiger charge is -2.38. The fourth-order valence-corrected chi connectivity index (χ4v) is 3.69. The first-order chi connectivity index (χ1) is 8.95. The third kappa shape index (κ3) is 4.44. The van der Waals surface area contributed by atoms with Crippen molar-refractivity contribution in [1.29, 1.82) is 0 Å². The molecule has 2 atom stereocenters. The summed E-state index contributed by atoms with van der Waals surface area (Å²) in [7, 11) is 0. The zero-order chi connectivity index (χ0) is 14.5. The Morgan fingerprint density at radius 3 is 2.47 bits per heavy atom. The molecule has 1 aliphatic rings. The minimum atomic E-state index is -0.0233. The predicted octanol–water partition coefficient (Wildman–Crippen LogP) is 2.64. The van der Waals surface area contributed by atoms with Gasteiger partial charge in [-0.3, -0.25) is 0 Å². The fraction of sp³-hybridized carbons (Fsp3) is 1.00. The molecule has 0 aromatic carbocycles. The number of rotatable bonds is 8. The van der Waals surface area contributed by atoms with Gasteiger partial charge in [0.15, 0.2) is 0 Å². The second-order valence-electron chi connectivity index (χ2n) is 6.71. The molecule has 0 bridgehead atoms. The van der Waals surface area contributed by atoms with Crippen molar-refractivity contribution < 1.29 is 5.11 Å². The zero-order valence-corrected chi connectivity index (χ0v) is 13.6. The monoisotopic (exact) mass is 270 g/mol. The third-order valence-corrected chi connectivity index (χ3v) is 4.72. The minimum Gasteiger partial charge on any atom is -0.394 e. The second-order valence-corrected chi connectivity index (χ2v) is 6.71. The largest absolute Gasteiger partial charge is 0.394 e. The van der Waals surface area contributed by atoms with Gasteiger partial charge in [0.1, 0.15) is 0 Å². The first-order valence-electron chi connectivity index (χ1n) is 8.07. The van der Waals surface area contributed by atoms with Crippen LogP contribution in [0.25, 0.3) is 0 Å². The number of nitrogens with zero attached hydrogens (tertiary/aromatic N) is 1. The van der Waals surface area contributed by atoms with Crippen LogP contribution in [0.15, 0.2) is 0 Å². The molecule has 0 aromatic heterocycles. The standard InChI is InChI=1S/C16H34N2O/c1-6-18(14(4)5)11-9-15-8-7-10-16(15,12-19)17-13(2)3/h13-15,17,19H,6-12H2,1-5H3. The van der Waals surface area contributed by atoms with E-state index in [4.69, 9.17) is 0 Å². The first kappa shape index (κ1) is 16.9. The molecule has 3 heteroatoms. The van der Waals surface area contributed by atoms with E-state index in [1.54, 1.807) is 0 Å². The van der Waals surface area contributed by atoms with Crippen molar-refractivity contribution in [3.63, 3.8) is 0 Å². The average molecular weight is 270 g/mol. The highest BCUT2D eigenvalue weighted by Crippen LogP contribution is 2.38. The van der Waals surface area contributed by atoms with Gasteiger partial charge in [-0.05, 0) is 52.1 Å². The summed E-state index contributed by atoms with van der Waals surface area (Å²) in [6.07, 6.45) is 4.83. The van der Waals surface area contributed by atoms with E-state index >= 15 is 0 Å². The molecule has 0 heterocycles. The molecule has 0 radical (unpaired) electrons. The summed E-state index contributed by atoms with van der Waals surface area (Å²) in [5.41, 5.74) is -0.0233. The molecule has 0 aliphatic heterocycles. The Morgan fingerprint density at radius 1 is 1.32 bits per heavy atom. The maximum Gasteiger partial charge on any atom is 0.0616 e. The molecule has 19 heavy (non-hydrogen) atoms. The molecule has 2 N–H and O–H groups in total. The van der Waals surface area contributed by atoms with Gasteiger partial charge in [-0.2, -0.15) is 0 Å². The Hall–Kier alpha value is -0.120. The van der Waals surface area contributed by atoms with E-state index in [2.05, 4.69) is 44.8 Å². The number of aliphatic hydroxyl groups excluding tert-OH is 1. The Kier molecular flexibility index (Phi) is 6.78. The molecule has 114 valence electrons. The van der Waals surface area contributed by atoms with Crippen molar-refractivity contribution in [2.24, 2.45) is 5.92 Å². The van der Waals surface area contributed by atoms with Crippen molar-refractivity contribution in [3.05, 3.63) is 0 Å². The van der Waals surface area contributed by atoms with Crippen LogP contribution in [0.3, 0.4) is 0 Å². The molecule has 0 amide bonds.